The first-order chi connectivity index (χ1) is 18.7. The third kappa shape index (κ3) is 6.62. The number of thiophene rings is 1. The number of aryl methyl sites for hydroxylation is 2. The molecule has 0 spiro atoms. The van der Waals surface area contributed by atoms with Crippen molar-refractivity contribution in [1.29, 1.82) is 0 Å². The third-order valence-corrected chi connectivity index (χ3v) is 8.48. The number of primary amides is 1. The van der Waals surface area contributed by atoms with Gasteiger partial charge in [0, 0.05) is 33.2 Å². The average Bonchev–Trinajstić information content (AvgIpc) is 3.30. The van der Waals surface area contributed by atoms with Crippen LogP contribution in [0.3, 0.4) is 0 Å². The highest BCUT2D eigenvalue weighted by molar-refractivity contribution is 7.15. The molecule has 3 N–H and O–H groups in total. The van der Waals surface area contributed by atoms with Crippen LogP contribution in [-0.4, -0.2) is 50.0 Å². The third-order valence-electron chi connectivity index (χ3n) is 7.03. The molecule has 0 saturated heterocycles. The summed E-state index contributed by atoms with van der Waals surface area (Å²) in [7, 11) is 0. The molecule has 2 amide bonds. The number of fused-ring (bicyclic) bond motifs is 3. The Morgan fingerprint density at radius 2 is 1.80 bits per heavy atom. The van der Waals surface area contributed by atoms with Gasteiger partial charge in [-0.05, 0) is 72.6 Å². The van der Waals surface area contributed by atoms with Crippen molar-refractivity contribution in [2.75, 3.05) is 6.61 Å². The minimum absolute atomic E-state index is 0.0969. The number of carbonyl (C=O) groups excluding carboxylic acids is 2. The number of carbonyl (C=O) groups is 2. The standard InChI is InChI=1S/C29H37ClN6O3S/c1-16-17(2)40-27-24(16)25(19-8-10-20(30)11-9-19)32-21(26-35-34-18(3)36(26)27)14-23(38)33-28(4,5)12-13-39-29(6,7)15-22(31)37/h8-11,21H,12-15H2,1-7H3,(H2,31,37)(H,33,38)/t21-/m0/s1. The monoisotopic (exact) mass is 584 g/mol. The van der Waals surface area contributed by atoms with Gasteiger partial charge in [-0.3, -0.25) is 19.1 Å². The number of halogens is 1. The number of nitrogens with two attached hydrogens (primary N) is 1. The molecule has 1 aliphatic rings. The Hall–Kier alpha value is -3.08. The molecule has 214 valence electrons. The van der Waals surface area contributed by atoms with Crippen LogP contribution >= 0.6 is 22.9 Å². The van der Waals surface area contributed by atoms with E-state index >= 15 is 0 Å². The van der Waals surface area contributed by atoms with E-state index < -0.39 is 23.1 Å². The first kappa shape index (κ1) is 29.9. The van der Waals surface area contributed by atoms with E-state index in [1.165, 1.54) is 4.88 Å². The number of nitrogens with zero attached hydrogens (tertiary/aromatic N) is 4. The number of hydrogen-bond donors (Lipinski definition) is 2. The normalized spacial score (nSPS) is 15.2. The van der Waals surface area contributed by atoms with Crippen LogP contribution in [0.25, 0.3) is 5.00 Å². The van der Waals surface area contributed by atoms with E-state index in [0.29, 0.717) is 23.9 Å². The predicted molar refractivity (Wildman–Crippen MR) is 159 cm³/mol. The van der Waals surface area contributed by atoms with Crippen LogP contribution in [0.1, 0.15) is 86.2 Å². The van der Waals surface area contributed by atoms with E-state index in [1.807, 2.05) is 63.5 Å². The van der Waals surface area contributed by atoms with Gasteiger partial charge in [-0.15, -0.1) is 21.5 Å². The van der Waals surface area contributed by atoms with Crippen molar-refractivity contribution in [2.24, 2.45) is 10.7 Å². The van der Waals surface area contributed by atoms with Crippen molar-refractivity contribution < 1.29 is 14.3 Å². The summed E-state index contributed by atoms with van der Waals surface area (Å²) in [5.41, 5.74) is 7.99. The first-order valence-electron chi connectivity index (χ1n) is 13.3. The fourth-order valence-electron chi connectivity index (χ4n) is 4.85. The van der Waals surface area contributed by atoms with Crippen LogP contribution in [0.4, 0.5) is 0 Å². The number of nitrogens with one attached hydrogen (secondary N) is 1. The van der Waals surface area contributed by atoms with Crippen molar-refractivity contribution in [3.63, 3.8) is 0 Å². The zero-order valence-electron chi connectivity index (χ0n) is 24.1. The Morgan fingerprint density at radius 1 is 1.12 bits per heavy atom. The summed E-state index contributed by atoms with van der Waals surface area (Å²) < 4.78 is 7.92. The molecular weight excluding hydrogens is 548 g/mol. The SMILES string of the molecule is Cc1sc2c(c1C)C(c1ccc(Cl)cc1)=N[C@@H](CC(=O)NC(C)(C)CCOC(C)(C)CC(N)=O)c1nnc(C)n1-2. The second-order valence-electron chi connectivity index (χ2n) is 11.5. The van der Waals surface area contributed by atoms with Gasteiger partial charge in [0.15, 0.2) is 5.82 Å². The summed E-state index contributed by atoms with van der Waals surface area (Å²) >= 11 is 7.87. The maximum Gasteiger partial charge on any atom is 0.223 e. The van der Waals surface area contributed by atoms with E-state index in [2.05, 4.69) is 29.4 Å². The van der Waals surface area contributed by atoms with Gasteiger partial charge in [0.05, 0.1) is 24.2 Å². The lowest BCUT2D eigenvalue weighted by molar-refractivity contribution is -0.124. The maximum atomic E-state index is 13.4. The van der Waals surface area contributed by atoms with Crippen molar-refractivity contribution >= 4 is 40.5 Å². The van der Waals surface area contributed by atoms with Gasteiger partial charge in [0.1, 0.15) is 16.9 Å². The number of hydrogen-bond acceptors (Lipinski definition) is 7. The summed E-state index contributed by atoms with van der Waals surface area (Å²) in [6, 6.07) is 7.06. The van der Waals surface area contributed by atoms with Crippen LogP contribution in [0, 0.1) is 20.8 Å². The van der Waals surface area contributed by atoms with E-state index in [0.717, 1.165) is 33.2 Å². The van der Waals surface area contributed by atoms with E-state index in [-0.39, 0.29) is 18.7 Å². The highest BCUT2D eigenvalue weighted by atomic mass is 35.5. The maximum absolute atomic E-state index is 13.4. The van der Waals surface area contributed by atoms with Gasteiger partial charge in [-0.2, -0.15) is 0 Å². The molecule has 3 heterocycles. The Kier molecular flexibility index (Phi) is 8.54. The number of amides is 2. The molecule has 0 saturated carbocycles. The molecule has 2 aromatic heterocycles. The van der Waals surface area contributed by atoms with Gasteiger partial charge in [0.25, 0.3) is 0 Å². The Labute approximate surface area is 244 Å². The number of aliphatic imine (C=N–C) groups is 1. The predicted octanol–water partition coefficient (Wildman–Crippen LogP) is 5.15. The second-order valence-corrected chi connectivity index (χ2v) is 13.2. The fraction of sp³-hybridized carbons (Fsp3) is 0.483. The van der Waals surface area contributed by atoms with Crippen LogP contribution in [-0.2, 0) is 14.3 Å². The van der Waals surface area contributed by atoms with Crippen molar-refractivity contribution in [2.45, 2.75) is 84.9 Å². The average molecular weight is 585 g/mol. The van der Waals surface area contributed by atoms with Gasteiger partial charge in [-0.1, -0.05) is 23.7 Å². The van der Waals surface area contributed by atoms with E-state index in [9.17, 15) is 9.59 Å². The lowest BCUT2D eigenvalue weighted by Crippen LogP contribution is -2.45. The number of benzene rings is 1. The van der Waals surface area contributed by atoms with Gasteiger partial charge >= 0.3 is 0 Å². The van der Waals surface area contributed by atoms with Gasteiger partial charge in [0.2, 0.25) is 11.8 Å². The minimum Gasteiger partial charge on any atom is -0.375 e. The van der Waals surface area contributed by atoms with Gasteiger partial charge in [-0.25, -0.2) is 0 Å². The van der Waals surface area contributed by atoms with E-state index in [4.69, 9.17) is 27.1 Å². The quantitative estimate of drug-likeness (QED) is 0.341. The summed E-state index contributed by atoms with van der Waals surface area (Å²) in [6.07, 6.45) is 0.773. The Bertz CT molecular complexity index is 1450. The molecule has 11 heteroatoms. The summed E-state index contributed by atoms with van der Waals surface area (Å²) in [4.78, 5) is 31.1. The minimum atomic E-state index is -0.669. The number of aromatic nitrogens is 3. The van der Waals surface area contributed by atoms with Crippen LogP contribution in [0.5, 0.6) is 0 Å². The summed E-state index contributed by atoms with van der Waals surface area (Å²) in [5, 5.41) is 13.6. The number of ether oxygens (including phenoxy) is 1. The highest BCUT2D eigenvalue weighted by Gasteiger charge is 2.33. The largest absolute Gasteiger partial charge is 0.375 e. The smallest absolute Gasteiger partial charge is 0.223 e. The Balaban J connectivity index is 1.61. The van der Waals surface area contributed by atoms with Crippen molar-refractivity contribution in [1.82, 2.24) is 20.1 Å². The summed E-state index contributed by atoms with van der Waals surface area (Å²) in [6.45, 7) is 14.0. The molecule has 0 radical (unpaired) electrons. The molecule has 0 bridgehead atoms. The van der Waals surface area contributed by atoms with Crippen molar-refractivity contribution in [3.8, 4) is 5.00 Å². The first-order valence-corrected chi connectivity index (χ1v) is 14.5. The molecule has 0 aliphatic carbocycles. The zero-order chi connectivity index (χ0) is 29.4. The molecule has 1 atom stereocenters. The van der Waals surface area contributed by atoms with Gasteiger partial charge < -0.3 is 15.8 Å². The van der Waals surface area contributed by atoms with Crippen LogP contribution < -0.4 is 11.1 Å². The Morgan fingerprint density at radius 3 is 2.45 bits per heavy atom. The molecule has 0 fully saturated rings. The molecule has 3 aromatic rings. The highest BCUT2D eigenvalue weighted by Crippen LogP contribution is 2.39. The molecule has 4 rings (SSSR count). The van der Waals surface area contributed by atoms with E-state index in [1.54, 1.807) is 11.3 Å². The lowest BCUT2D eigenvalue weighted by Gasteiger charge is -2.30. The lowest BCUT2D eigenvalue weighted by atomic mass is 9.99. The fourth-order valence-corrected chi connectivity index (χ4v) is 6.19. The molecular formula is C29H37ClN6O3S. The molecule has 1 aliphatic heterocycles. The molecule has 1 aromatic carbocycles. The number of rotatable bonds is 10. The van der Waals surface area contributed by atoms with Crippen molar-refractivity contribution in [3.05, 3.63) is 62.5 Å². The zero-order valence-corrected chi connectivity index (χ0v) is 25.7. The van der Waals surface area contributed by atoms with Crippen LogP contribution in [0.2, 0.25) is 5.02 Å². The summed E-state index contributed by atoms with van der Waals surface area (Å²) in [5.74, 6) is 0.804. The second kappa shape index (κ2) is 11.4. The topological polar surface area (TPSA) is 124 Å². The van der Waals surface area contributed by atoms with Crippen LogP contribution in [0.15, 0.2) is 29.3 Å². The molecule has 9 nitrogen and oxygen atoms in total. The molecule has 0 unspecified atom stereocenters. The molecule has 40 heavy (non-hydrogen) atoms.